The van der Waals surface area contributed by atoms with Gasteiger partial charge >= 0.3 is 0 Å². The van der Waals surface area contributed by atoms with E-state index in [0.717, 1.165) is 0 Å². The van der Waals surface area contributed by atoms with E-state index in [1.54, 1.807) is 7.11 Å². The van der Waals surface area contributed by atoms with Crippen molar-refractivity contribution < 1.29 is 18.9 Å². The Labute approximate surface area is 111 Å². The zero-order chi connectivity index (χ0) is 14.1. The lowest BCUT2D eigenvalue weighted by Crippen LogP contribution is -2.44. The van der Waals surface area contributed by atoms with Crippen LogP contribution < -0.4 is 0 Å². The molecule has 1 aliphatic heterocycles. The van der Waals surface area contributed by atoms with Crippen molar-refractivity contribution in [3.63, 3.8) is 0 Å². The van der Waals surface area contributed by atoms with E-state index in [1.807, 2.05) is 48.5 Å². The van der Waals surface area contributed by atoms with Crippen molar-refractivity contribution in [3.8, 4) is 0 Å². The summed E-state index contributed by atoms with van der Waals surface area (Å²) in [6, 6.07) is 0. The highest BCUT2D eigenvalue weighted by Gasteiger charge is 2.47. The summed E-state index contributed by atoms with van der Waals surface area (Å²) >= 11 is 0. The summed E-state index contributed by atoms with van der Waals surface area (Å²) in [6.07, 6.45) is -0.723. The van der Waals surface area contributed by atoms with Crippen molar-refractivity contribution in [2.75, 3.05) is 7.11 Å². The fourth-order valence-electron chi connectivity index (χ4n) is 2.09. The summed E-state index contributed by atoms with van der Waals surface area (Å²) in [5.41, 5.74) is -0.527. The van der Waals surface area contributed by atoms with Gasteiger partial charge in [0.05, 0.1) is 17.3 Å². The van der Waals surface area contributed by atoms with Gasteiger partial charge in [0.15, 0.2) is 6.29 Å². The lowest BCUT2D eigenvalue weighted by Gasteiger charge is -2.33. The molecule has 0 aromatic rings. The van der Waals surface area contributed by atoms with E-state index in [4.69, 9.17) is 18.9 Å². The highest BCUT2D eigenvalue weighted by atomic mass is 16.7. The summed E-state index contributed by atoms with van der Waals surface area (Å²) in [4.78, 5) is 0. The van der Waals surface area contributed by atoms with Crippen LogP contribution in [0.1, 0.15) is 48.5 Å². The number of hydrogen-bond acceptors (Lipinski definition) is 4. The summed E-state index contributed by atoms with van der Waals surface area (Å²) in [5, 5.41) is 0. The molecule has 4 atom stereocenters. The summed E-state index contributed by atoms with van der Waals surface area (Å²) in [6.45, 7) is 14.1. The fourth-order valence-corrected chi connectivity index (χ4v) is 2.09. The predicted molar refractivity (Wildman–Crippen MR) is 70.6 cm³/mol. The van der Waals surface area contributed by atoms with Gasteiger partial charge in [0.1, 0.15) is 12.2 Å². The molecule has 0 aliphatic carbocycles. The molecule has 1 aliphatic rings. The minimum Gasteiger partial charge on any atom is -0.376 e. The molecule has 0 N–H and O–H groups in total. The molecule has 1 fully saturated rings. The Balaban J connectivity index is 2.81. The second-order valence-electron chi connectivity index (χ2n) is 6.83. The normalized spacial score (nSPS) is 34.0. The van der Waals surface area contributed by atoms with Crippen LogP contribution in [-0.2, 0) is 18.9 Å². The van der Waals surface area contributed by atoms with Gasteiger partial charge in [-0.1, -0.05) is 0 Å². The third-order valence-corrected chi connectivity index (χ3v) is 2.63. The van der Waals surface area contributed by atoms with Crippen molar-refractivity contribution in [1.29, 1.82) is 0 Å². The Bertz CT molecular complexity index is 264. The van der Waals surface area contributed by atoms with Gasteiger partial charge in [-0.3, -0.25) is 0 Å². The van der Waals surface area contributed by atoms with Gasteiger partial charge in [-0.2, -0.15) is 0 Å². The van der Waals surface area contributed by atoms with E-state index in [9.17, 15) is 0 Å². The Morgan fingerprint density at radius 3 is 1.72 bits per heavy atom. The number of hydrogen-bond donors (Lipinski definition) is 0. The zero-order valence-electron chi connectivity index (χ0n) is 12.9. The van der Waals surface area contributed by atoms with Gasteiger partial charge < -0.3 is 18.9 Å². The minimum absolute atomic E-state index is 0.0327. The first-order valence-electron chi connectivity index (χ1n) is 6.57. The fraction of sp³-hybridized carbons (Fsp3) is 1.00. The first-order valence-corrected chi connectivity index (χ1v) is 6.57. The van der Waals surface area contributed by atoms with Crippen LogP contribution in [0.3, 0.4) is 0 Å². The first kappa shape index (κ1) is 15.9. The third kappa shape index (κ3) is 4.50. The smallest absolute Gasteiger partial charge is 0.187 e. The monoisotopic (exact) mass is 260 g/mol. The van der Waals surface area contributed by atoms with E-state index in [-0.39, 0.29) is 35.8 Å². The van der Waals surface area contributed by atoms with Gasteiger partial charge in [0.2, 0.25) is 0 Å². The van der Waals surface area contributed by atoms with Gasteiger partial charge in [-0.25, -0.2) is 0 Å². The van der Waals surface area contributed by atoms with Crippen LogP contribution in [0.2, 0.25) is 0 Å². The maximum absolute atomic E-state index is 6.06. The molecular weight excluding hydrogens is 232 g/mol. The van der Waals surface area contributed by atoms with Gasteiger partial charge in [0, 0.05) is 7.11 Å². The van der Waals surface area contributed by atoms with E-state index in [0.29, 0.717) is 0 Å². The second kappa shape index (κ2) is 5.45. The van der Waals surface area contributed by atoms with Crippen molar-refractivity contribution in [2.24, 2.45) is 0 Å². The van der Waals surface area contributed by atoms with Gasteiger partial charge in [0.25, 0.3) is 0 Å². The minimum atomic E-state index is -0.385. The molecule has 4 heteroatoms. The number of ether oxygens (including phenoxy) is 4. The summed E-state index contributed by atoms with van der Waals surface area (Å²) in [7, 11) is 1.68. The molecule has 108 valence electrons. The average molecular weight is 260 g/mol. The molecule has 0 spiro atoms. The summed E-state index contributed by atoms with van der Waals surface area (Å²) < 4.78 is 23.3. The van der Waals surface area contributed by atoms with Crippen molar-refractivity contribution in [2.45, 2.75) is 84.3 Å². The first-order chi connectivity index (χ1) is 8.03. The molecular formula is C14H28O4. The Morgan fingerprint density at radius 2 is 1.33 bits per heavy atom. The topological polar surface area (TPSA) is 36.9 Å². The Morgan fingerprint density at radius 1 is 0.833 bits per heavy atom. The Hall–Kier alpha value is -0.160. The van der Waals surface area contributed by atoms with Crippen molar-refractivity contribution >= 4 is 0 Å². The second-order valence-corrected chi connectivity index (χ2v) is 6.83. The number of rotatable bonds is 3. The van der Waals surface area contributed by atoms with Crippen LogP contribution in [0.4, 0.5) is 0 Å². The molecule has 1 saturated heterocycles. The van der Waals surface area contributed by atoms with E-state index in [2.05, 4.69) is 0 Å². The van der Waals surface area contributed by atoms with Crippen molar-refractivity contribution in [1.82, 2.24) is 0 Å². The third-order valence-electron chi connectivity index (χ3n) is 2.63. The standard InChI is InChI=1S/C14H28O4/c1-9-10(15-8)11(17-13(2,3)4)12(16-9)18-14(5,6)7/h9-12H,1-8H3. The highest BCUT2D eigenvalue weighted by Crippen LogP contribution is 2.32. The molecule has 4 unspecified atom stereocenters. The zero-order valence-corrected chi connectivity index (χ0v) is 12.9. The molecule has 1 rings (SSSR count). The van der Waals surface area contributed by atoms with Crippen LogP contribution >= 0.6 is 0 Å². The molecule has 0 saturated carbocycles. The molecule has 0 aromatic carbocycles. The van der Waals surface area contributed by atoms with Crippen LogP contribution in [0.25, 0.3) is 0 Å². The maximum Gasteiger partial charge on any atom is 0.187 e. The molecule has 18 heavy (non-hydrogen) atoms. The lowest BCUT2D eigenvalue weighted by molar-refractivity contribution is -0.235. The predicted octanol–water partition coefficient (Wildman–Crippen LogP) is 2.75. The lowest BCUT2D eigenvalue weighted by atomic mass is 10.1. The number of methoxy groups -OCH3 is 1. The van der Waals surface area contributed by atoms with Gasteiger partial charge in [-0.05, 0) is 48.5 Å². The average Bonchev–Trinajstić information content (AvgIpc) is 2.37. The van der Waals surface area contributed by atoms with E-state index < -0.39 is 0 Å². The largest absolute Gasteiger partial charge is 0.376 e. The summed E-state index contributed by atoms with van der Waals surface area (Å²) in [5.74, 6) is 0. The SMILES string of the molecule is COC1C(C)OC(OC(C)(C)C)C1OC(C)(C)C. The molecule has 1 heterocycles. The van der Waals surface area contributed by atoms with E-state index in [1.165, 1.54) is 0 Å². The molecule has 0 amide bonds. The van der Waals surface area contributed by atoms with Crippen molar-refractivity contribution in [3.05, 3.63) is 0 Å². The molecule has 0 radical (unpaired) electrons. The maximum atomic E-state index is 6.06. The van der Waals surface area contributed by atoms with Crippen LogP contribution in [-0.4, -0.2) is 42.9 Å². The quantitative estimate of drug-likeness (QED) is 0.782. The molecule has 0 aromatic heterocycles. The highest BCUT2D eigenvalue weighted by molar-refractivity contribution is 4.89. The van der Waals surface area contributed by atoms with Crippen LogP contribution in [0.5, 0.6) is 0 Å². The molecule has 4 nitrogen and oxygen atoms in total. The van der Waals surface area contributed by atoms with Crippen LogP contribution in [0, 0.1) is 0 Å². The molecule has 0 bridgehead atoms. The Kier molecular flexibility index (Phi) is 4.81. The van der Waals surface area contributed by atoms with Gasteiger partial charge in [-0.15, -0.1) is 0 Å². The van der Waals surface area contributed by atoms with E-state index >= 15 is 0 Å². The van der Waals surface area contributed by atoms with Crippen LogP contribution in [0.15, 0.2) is 0 Å².